The van der Waals surface area contributed by atoms with E-state index in [2.05, 4.69) is 27.2 Å². The predicted octanol–water partition coefficient (Wildman–Crippen LogP) is 2.05. The summed E-state index contributed by atoms with van der Waals surface area (Å²) in [5.74, 6) is 0.925. The van der Waals surface area contributed by atoms with E-state index in [0.717, 1.165) is 35.6 Å². The lowest BCUT2D eigenvalue weighted by Crippen LogP contribution is -2.24. The molecule has 1 unspecified atom stereocenters. The lowest BCUT2D eigenvalue weighted by atomic mass is 10.2. The number of anilines is 1. The molecule has 0 spiro atoms. The Hall–Kier alpha value is -1.68. The van der Waals surface area contributed by atoms with Crippen molar-refractivity contribution in [3.05, 3.63) is 30.0 Å². The van der Waals surface area contributed by atoms with E-state index in [1.165, 1.54) is 6.42 Å². The fourth-order valence-corrected chi connectivity index (χ4v) is 2.47. The number of hydrogen-bond acceptors (Lipinski definition) is 4. The molecule has 2 heterocycles. The number of fused-ring (bicyclic) bond motifs is 1. The maximum atomic E-state index is 4.67. The molecule has 0 radical (unpaired) electrons. The molecule has 1 aliphatic heterocycles. The van der Waals surface area contributed by atoms with Crippen LogP contribution in [0.3, 0.4) is 0 Å². The monoisotopic (exact) mass is 242 g/mol. The zero-order valence-corrected chi connectivity index (χ0v) is 10.8. The molecule has 1 saturated heterocycles. The van der Waals surface area contributed by atoms with E-state index in [-0.39, 0.29) is 0 Å². The molecule has 0 bridgehead atoms. The van der Waals surface area contributed by atoms with Gasteiger partial charge >= 0.3 is 0 Å². The van der Waals surface area contributed by atoms with Crippen molar-refractivity contribution >= 4 is 16.9 Å². The van der Waals surface area contributed by atoms with Gasteiger partial charge in [0.1, 0.15) is 5.82 Å². The quantitative estimate of drug-likeness (QED) is 0.875. The Labute approximate surface area is 107 Å². The highest BCUT2D eigenvalue weighted by molar-refractivity contribution is 5.76. The number of likely N-dealkylation sites (N-methyl/N-ethyl adjacent to an activating group) is 1. The first-order chi connectivity index (χ1) is 8.72. The van der Waals surface area contributed by atoms with Crippen LogP contribution in [0.25, 0.3) is 11.0 Å². The van der Waals surface area contributed by atoms with Crippen LogP contribution < -0.4 is 5.32 Å². The van der Waals surface area contributed by atoms with Crippen LogP contribution in [-0.4, -0.2) is 41.0 Å². The van der Waals surface area contributed by atoms with E-state index >= 15 is 0 Å². The van der Waals surface area contributed by atoms with Gasteiger partial charge in [-0.1, -0.05) is 12.1 Å². The van der Waals surface area contributed by atoms with Gasteiger partial charge in [0.25, 0.3) is 0 Å². The van der Waals surface area contributed by atoms with Crippen LogP contribution >= 0.6 is 0 Å². The second-order valence-electron chi connectivity index (χ2n) is 5.04. The van der Waals surface area contributed by atoms with Gasteiger partial charge in [-0.25, -0.2) is 9.97 Å². The number of hydrogen-bond donors (Lipinski definition) is 1. The van der Waals surface area contributed by atoms with Crippen LogP contribution in [-0.2, 0) is 0 Å². The molecule has 94 valence electrons. The van der Waals surface area contributed by atoms with Gasteiger partial charge in [0.15, 0.2) is 0 Å². The third-order valence-corrected chi connectivity index (χ3v) is 3.48. The van der Waals surface area contributed by atoms with Crippen LogP contribution in [0.1, 0.15) is 12.1 Å². The summed E-state index contributed by atoms with van der Waals surface area (Å²) in [4.78, 5) is 11.6. The summed E-state index contributed by atoms with van der Waals surface area (Å²) in [6.07, 6.45) is 1.17. The van der Waals surface area contributed by atoms with Crippen LogP contribution in [0.5, 0.6) is 0 Å². The van der Waals surface area contributed by atoms with Gasteiger partial charge in [-0.3, -0.25) is 0 Å². The maximum Gasteiger partial charge on any atom is 0.148 e. The van der Waals surface area contributed by atoms with Crippen molar-refractivity contribution in [2.24, 2.45) is 0 Å². The standard InChI is InChI=1S/C14H18N4/c1-10-14(16-11-7-8-18(2)9-11)17-13-6-4-3-5-12(13)15-10/h3-6,11H,7-9H2,1-2H3,(H,16,17). The van der Waals surface area contributed by atoms with Crippen LogP contribution in [0.4, 0.5) is 5.82 Å². The molecule has 2 aromatic rings. The Morgan fingerprint density at radius 3 is 2.61 bits per heavy atom. The fourth-order valence-electron chi connectivity index (χ4n) is 2.47. The summed E-state index contributed by atoms with van der Waals surface area (Å²) < 4.78 is 0. The van der Waals surface area contributed by atoms with Crippen molar-refractivity contribution in [1.82, 2.24) is 14.9 Å². The zero-order valence-electron chi connectivity index (χ0n) is 10.8. The molecular weight excluding hydrogens is 224 g/mol. The second-order valence-corrected chi connectivity index (χ2v) is 5.04. The maximum absolute atomic E-state index is 4.67. The Kier molecular flexibility index (Phi) is 2.88. The third kappa shape index (κ3) is 2.16. The Morgan fingerprint density at radius 1 is 1.22 bits per heavy atom. The first kappa shape index (κ1) is 11.4. The van der Waals surface area contributed by atoms with Crippen LogP contribution in [0.15, 0.2) is 24.3 Å². The highest BCUT2D eigenvalue weighted by Gasteiger charge is 2.20. The average molecular weight is 242 g/mol. The number of para-hydroxylation sites is 2. The minimum atomic E-state index is 0.490. The van der Waals surface area contributed by atoms with Crippen molar-refractivity contribution in [3.8, 4) is 0 Å². The molecule has 4 nitrogen and oxygen atoms in total. The SMILES string of the molecule is Cc1nc2ccccc2nc1NC1CCN(C)C1. The lowest BCUT2D eigenvalue weighted by Gasteiger charge is -2.15. The average Bonchev–Trinajstić information content (AvgIpc) is 2.76. The molecule has 1 atom stereocenters. The Balaban J connectivity index is 1.89. The summed E-state index contributed by atoms with van der Waals surface area (Å²) in [5, 5.41) is 3.52. The van der Waals surface area contributed by atoms with E-state index in [1.54, 1.807) is 0 Å². The smallest absolute Gasteiger partial charge is 0.148 e. The number of nitrogens with zero attached hydrogens (tertiary/aromatic N) is 3. The number of benzene rings is 1. The van der Waals surface area contributed by atoms with Gasteiger partial charge < -0.3 is 10.2 Å². The van der Waals surface area contributed by atoms with Crippen LogP contribution in [0.2, 0.25) is 0 Å². The summed E-state index contributed by atoms with van der Waals surface area (Å²) in [6.45, 7) is 4.24. The van der Waals surface area contributed by atoms with Gasteiger partial charge in [-0.05, 0) is 39.1 Å². The minimum Gasteiger partial charge on any atom is -0.364 e. The van der Waals surface area contributed by atoms with E-state index < -0.39 is 0 Å². The number of nitrogens with one attached hydrogen (secondary N) is 1. The van der Waals surface area contributed by atoms with Crippen molar-refractivity contribution in [3.63, 3.8) is 0 Å². The van der Waals surface area contributed by atoms with Gasteiger partial charge in [-0.15, -0.1) is 0 Å². The molecule has 0 amide bonds. The normalized spacial score (nSPS) is 20.4. The summed E-state index contributed by atoms with van der Waals surface area (Å²) in [6, 6.07) is 8.50. The number of likely N-dealkylation sites (tertiary alicyclic amines) is 1. The highest BCUT2D eigenvalue weighted by atomic mass is 15.2. The van der Waals surface area contributed by atoms with Gasteiger partial charge in [0.2, 0.25) is 0 Å². The number of aromatic nitrogens is 2. The number of rotatable bonds is 2. The van der Waals surface area contributed by atoms with Gasteiger partial charge in [0, 0.05) is 12.6 Å². The third-order valence-electron chi connectivity index (χ3n) is 3.48. The molecule has 1 fully saturated rings. The Bertz CT molecular complexity index is 567. The van der Waals surface area contributed by atoms with Crippen molar-refractivity contribution in [2.75, 3.05) is 25.5 Å². The molecule has 18 heavy (non-hydrogen) atoms. The lowest BCUT2D eigenvalue weighted by molar-refractivity contribution is 0.414. The molecule has 4 heteroatoms. The largest absolute Gasteiger partial charge is 0.364 e. The molecule has 1 N–H and O–H groups in total. The highest BCUT2D eigenvalue weighted by Crippen LogP contribution is 2.19. The molecule has 1 aromatic heterocycles. The van der Waals surface area contributed by atoms with E-state index in [9.17, 15) is 0 Å². The fraction of sp³-hybridized carbons (Fsp3) is 0.429. The second kappa shape index (κ2) is 4.53. The predicted molar refractivity (Wildman–Crippen MR) is 73.8 cm³/mol. The molecule has 1 aliphatic rings. The van der Waals surface area contributed by atoms with E-state index in [0.29, 0.717) is 6.04 Å². The first-order valence-electron chi connectivity index (χ1n) is 6.41. The molecule has 3 rings (SSSR count). The summed E-state index contributed by atoms with van der Waals surface area (Å²) >= 11 is 0. The zero-order chi connectivity index (χ0) is 12.5. The summed E-state index contributed by atoms with van der Waals surface area (Å²) in [5.41, 5.74) is 2.89. The van der Waals surface area contributed by atoms with Crippen molar-refractivity contribution < 1.29 is 0 Å². The summed E-state index contributed by atoms with van der Waals surface area (Å²) in [7, 11) is 2.15. The van der Waals surface area contributed by atoms with Crippen LogP contribution in [0, 0.1) is 6.92 Å². The molecule has 0 aliphatic carbocycles. The van der Waals surface area contributed by atoms with Gasteiger partial charge in [-0.2, -0.15) is 0 Å². The molecule has 1 aromatic carbocycles. The van der Waals surface area contributed by atoms with Gasteiger partial charge in [0.05, 0.1) is 16.7 Å². The molecule has 0 saturated carbocycles. The topological polar surface area (TPSA) is 41.1 Å². The molecular formula is C14H18N4. The van der Waals surface area contributed by atoms with Crippen molar-refractivity contribution in [2.45, 2.75) is 19.4 Å². The Morgan fingerprint density at radius 2 is 1.94 bits per heavy atom. The first-order valence-corrected chi connectivity index (χ1v) is 6.41. The minimum absolute atomic E-state index is 0.490. The van der Waals surface area contributed by atoms with E-state index in [1.807, 2.05) is 31.2 Å². The van der Waals surface area contributed by atoms with Crippen molar-refractivity contribution in [1.29, 1.82) is 0 Å². The van der Waals surface area contributed by atoms with E-state index in [4.69, 9.17) is 0 Å². The number of aryl methyl sites for hydroxylation is 1.